The monoisotopic (exact) mass is 369 g/mol. The maximum atomic E-state index is 13.7. The van der Waals surface area contributed by atoms with Crippen molar-refractivity contribution in [2.45, 2.75) is 19.4 Å². The van der Waals surface area contributed by atoms with Crippen molar-refractivity contribution in [3.05, 3.63) is 58.4 Å². The molecule has 140 valence electrons. The van der Waals surface area contributed by atoms with Crippen molar-refractivity contribution < 1.29 is 9.18 Å². The summed E-state index contributed by atoms with van der Waals surface area (Å²) in [5.41, 5.74) is 2.10. The molecule has 1 atom stereocenters. The van der Waals surface area contributed by atoms with Crippen LogP contribution in [0, 0.1) is 12.7 Å². The van der Waals surface area contributed by atoms with Crippen LogP contribution in [0.5, 0.6) is 0 Å². The molecule has 3 aromatic rings. The Balaban J connectivity index is 1.56. The second-order valence-electron chi connectivity index (χ2n) is 6.79. The molecule has 0 spiro atoms. The summed E-state index contributed by atoms with van der Waals surface area (Å²) < 4.78 is 16.9. The number of carbonyl (C=O) groups is 1. The molecular weight excluding hydrogens is 349 g/mol. The highest BCUT2D eigenvalue weighted by atomic mass is 19.1. The van der Waals surface area contributed by atoms with Crippen molar-refractivity contribution in [1.29, 1.82) is 0 Å². The summed E-state index contributed by atoms with van der Waals surface area (Å²) in [7, 11) is 1.72. The highest BCUT2D eigenvalue weighted by Gasteiger charge is 2.30. The van der Waals surface area contributed by atoms with Gasteiger partial charge in [0, 0.05) is 37.6 Å². The number of anilines is 1. The Morgan fingerprint density at radius 2 is 2.11 bits per heavy atom. The van der Waals surface area contributed by atoms with Gasteiger partial charge in [0.25, 0.3) is 0 Å². The number of nitrogens with one attached hydrogen (secondary N) is 1. The molecular formula is C19H20FN5O2. The number of imidazole rings is 1. The summed E-state index contributed by atoms with van der Waals surface area (Å²) in [6.45, 7) is 2.54. The van der Waals surface area contributed by atoms with E-state index in [9.17, 15) is 14.0 Å². The molecule has 1 fully saturated rings. The zero-order chi connectivity index (χ0) is 19.1. The molecule has 2 aromatic heterocycles. The Morgan fingerprint density at radius 1 is 1.30 bits per heavy atom. The molecule has 0 bridgehead atoms. The molecule has 7 nitrogen and oxygen atoms in total. The SMILES string of the molecule is Cc1c(F)cccc1NC(=O)N1CC[C@@H](n2c(=O)n(C)c3cccnc32)C1. The van der Waals surface area contributed by atoms with Gasteiger partial charge in [-0.25, -0.2) is 19.0 Å². The quantitative estimate of drug-likeness (QED) is 0.755. The topological polar surface area (TPSA) is 72.2 Å². The number of aromatic nitrogens is 3. The molecule has 4 rings (SSSR count). The van der Waals surface area contributed by atoms with Gasteiger partial charge in [0.05, 0.1) is 11.6 Å². The van der Waals surface area contributed by atoms with E-state index >= 15 is 0 Å². The number of likely N-dealkylation sites (tertiary alicyclic amines) is 1. The van der Waals surface area contributed by atoms with Crippen LogP contribution >= 0.6 is 0 Å². The fourth-order valence-corrected chi connectivity index (χ4v) is 3.59. The summed E-state index contributed by atoms with van der Waals surface area (Å²) in [4.78, 5) is 31.2. The second kappa shape index (κ2) is 6.53. The molecule has 1 aliphatic rings. The smallest absolute Gasteiger partial charge is 0.322 e. The molecule has 3 heterocycles. The van der Waals surface area contributed by atoms with Gasteiger partial charge in [-0.15, -0.1) is 0 Å². The second-order valence-corrected chi connectivity index (χ2v) is 6.79. The number of rotatable bonds is 2. The zero-order valence-electron chi connectivity index (χ0n) is 15.1. The van der Waals surface area contributed by atoms with Gasteiger partial charge in [0.15, 0.2) is 5.65 Å². The van der Waals surface area contributed by atoms with Crippen molar-refractivity contribution in [2.24, 2.45) is 7.05 Å². The molecule has 0 aliphatic carbocycles. The summed E-state index contributed by atoms with van der Waals surface area (Å²) in [6.07, 6.45) is 2.32. The molecule has 1 N–H and O–H groups in total. The van der Waals surface area contributed by atoms with Crippen LogP contribution in [0.2, 0.25) is 0 Å². The minimum atomic E-state index is -0.361. The van der Waals surface area contributed by atoms with Gasteiger partial charge in [0.2, 0.25) is 0 Å². The summed E-state index contributed by atoms with van der Waals surface area (Å²) in [6, 6.07) is 7.79. The highest BCUT2D eigenvalue weighted by Crippen LogP contribution is 2.25. The van der Waals surface area contributed by atoms with E-state index in [0.29, 0.717) is 36.4 Å². The van der Waals surface area contributed by atoms with Gasteiger partial charge in [0.1, 0.15) is 5.82 Å². The standard InChI is InChI=1S/C19H20FN5O2/c1-12-14(20)5-3-6-15(12)22-18(26)24-10-8-13(11-24)25-17-16(7-4-9-21-17)23(2)19(25)27/h3-7,9,13H,8,10-11H2,1-2H3,(H,22,26)/t13-/m1/s1. The minimum absolute atomic E-state index is 0.142. The van der Waals surface area contributed by atoms with Crippen molar-refractivity contribution >= 4 is 22.9 Å². The first-order valence-electron chi connectivity index (χ1n) is 8.80. The van der Waals surface area contributed by atoms with Crippen LogP contribution in [0.3, 0.4) is 0 Å². The summed E-state index contributed by atoms with van der Waals surface area (Å²) >= 11 is 0. The molecule has 1 saturated heterocycles. The largest absolute Gasteiger partial charge is 0.330 e. The van der Waals surface area contributed by atoms with E-state index in [4.69, 9.17) is 0 Å². The van der Waals surface area contributed by atoms with Gasteiger partial charge < -0.3 is 10.2 Å². The average molecular weight is 369 g/mol. The Hall–Kier alpha value is -3.16. The predicted octanol–water partition coefficient (Wildman–Crippen LogP) is 2.66. The van der Waals surface area contributed by atoms with Crippen LogP contribution in [0.15, 0.2) is 41.3 Å². The van der Waals surface area contributed by atoms with Crippen molar-refractivity contribution in [2.75, 3.05) is 18.4 Å². The molecule has 1 aromatic carbocycles. The number of amides is 2. The first-order chi connectivity index (χ1) is 13.0. The third-order valence-corrected chi connectivity index (χ3v) is 5.17. The fraction of sp³-hybridized carbons (Fsp3) is 0.316. The van der Waals surface area contributed by atoms with Gasteiger partial charge in [-0.3, -0.25) is 9.13 Å². The Kier molecular flexibility index (Phi) is 4.18. The van der Waals surface area contributed by atoms with E-state index < -0.39 is 0 Å². The Morgan fingerprint density at radius 3 is 2.93 bits per heavy atom. The highest BCUT2D eigenvalue weighted by molar-refractivity contribution is 5.90. The average Bonchev–Trinajstić information content (AvgIpc) is 3.23. The van der Waals surface area contributed by atoms with Crippen LogP contribution in [0.25, 0.3) is 11.2 Å². The van der Waals surface area contributed by atoms with E-state index in [2.05, 4.69) is 10.3 Å². The maximum absolute atomic E-state index is 13.7. The van der Waals surface area contributed by atoms with Crippen molar-refractivity contribution in [3.63, 3.8) is 0 Å². The number of hydrogen-bond donors (Lipinski definition) is 1. The van der Waals surface area contributed by atoms with E-state index in [-0.39, 0.29) is 23.6 Å². The van der Waals surface area contributed by atoms with E-state index in [1.807, 2.05) is 6.07 Å². The number of halogens is 1. The Bertz CT molecular complexity index is 1090. The lowest BCUT2D eigenvalue weighted by Gasteiger charge is -2.18. The van der Waals surface area contributed by atoms with Crippen molar-refractivity contribution in [3.8, 4) is 0 Å². The lowest BCUT2D eigenvalue weighted by Crippen LogP contribution is -2.34. The lowest BCUT2D eigenvalue weighted by molar-refractivity contribution is 0.221. The third-order valence-electron chi connectivity index (χ3n) is 5.17. The maximum Gasteiger partial charge on any atom is 0.330 e. The number of benzene rings is 1. The van der Waals surface area contributed by atoms with E-state index in [1.165, 1.54) is 6.07 Å². The molecule has 0 saturated carbocycles. The molecule has 8 heteroatoms. The molecule has 1 aliphatic heterocycles. The number of aryl methyl sites for hydroxylation is 1. The lowest BCUT2D eigenvalue weighted by atomic mass is 10.2. The van der Waals surface area contributed by atoms with Gasteiger partial charge >= 0.3 is 11.7 Å². The number of urea groups is 1. The normalized spacial score (nSPS) is 16.9. The van der Waals surface area contributed by atoms with Crippen LogP contribution in [0.4, 0.5) is 14.9 Å². The number of nitrogens with zero attached hydrogens (tertiary/aromatic N) is 4. The third kappa shape index (κ3) is 2.87. The van der Waals surface area contributed by atoms with Gasteiger partial charge in [-0.2, -0.15) is 0 Å². The van der Waals surface area contributed by atoms with Gasteiger partial charge in [-0.1, -0.05) is 6.07 Å². The number of hydrogen-bond acceptors (Lipinski definition) is 3. The molecule has 27 heavy (non-hydrogen) atoms. The van der Waals surface area contributed by atoms with Crippen LogP contribution in [0.1, 0.15) is 18.0 Å². The van der Waals surface area contributed by atoms with E-state index in [0.717, 1.165) is 5.52 Å². The number of fused-ring (bicyclic) bond motifs is 1. The van der Waals surface area contributed by atoms with Crippen molar-refractivity contribution in [1.82, 2.24) is 19.0 Å². The Labute approximate surface area is 155 Å². The van der Waals surface area contributed by atoms with Crippen LogP contribution < -0.4 is 11.0 Å². The minimum Gasteiger partial charge on any atom is -0.322 e. The summed E-state index contributed by atoms with van der Waals surface area (Å²) in [5, 5.41) is 2.76. The zero-order valence-corrected chi connectivity index (χ0v) is 15.1. The number of pyridine rings is 1. The molecule has 0 unspecified atom stereocenters. The fourth-order valence-electron chi connectivity index (χ4n) is 3.59. The molecule has 2 amide bonds. The summed E-state index contributed by atoms with van der Waals surface area (Å²) in [5.74, 6) is -0.361. The first-order valence-corrected chi connectivity index (χ1v) is 8.80. The molecule has 0 radical (unpaired) electrons. The van der Waals surface area contributed by atoms with E-state index in [1.54, 1.807) is 52.4 Å². The van der Waals surface area contributed by atoms with Crippen LogP contribution in [-0.4, -0.2) is 38.1 Å². The van der Waals surface area contributed by atoms with Crippen LogP contribution in [-0.2, 0) is 7.05 Å². The first kappa shape index (κ1) is 17.3. The van der Waals surface area contributed by atoms with Gasteiger partial charge in [-0.05, 0) is 37.6 Å². The predicted molar refractivity (Wildman–Crippen MR) is 100 cm³/mol. The number of carbonyl (C=O) groups excluding carboxylic acids is 1.